The summed E-state index contributed by atoms with van der Waals surface area (Å²) in [7, 11) is 1.54. The summed E-state index contributed by atoms with van der Waals surface area (Å²) in [6.07, 6.45) is 4.35. The Morgan fingerprint density at radius 3 is 2.70 bits per heavy atom. The maximum Gasteiger partial charge on any atom is 0.320 e. The van der Waals surface area contributed by atoms with Crippen LogP contribution in [0.3, 0.4) is 0 Å². The molecule has 1 fully saturated rings. The number of hydrogen-bond donors (Lipinski definition) is 2. The van der Waals surface area contributed by atoms with Crippen LogP contribution in [0.4, 0.5) is 10.6 Å². The number of carbonyl (C=O) groups excluding carboxylic acids is 2. The standard InChI is InChI=1S/C26H31N7O4/c1-17(15-34)33-16-27-30-24(33)21-6-5-7-23(28-21)29-25(35)20-12-19-14-32(26(36)31-9-3-4-10-31)11-8-18(19)13-22(20)37-2/h5-7,12-13,16-17,34H,3-4,8-11,14-15H2,1-2H3,(H,28,29,35)/t17-/m1/s1. The summed E-state index contributed by atoms with van der Waals surface area (Å²) in [5.74, 6) is 0.951. The molecular formula is C26H31N7O4. The van der Waals surface area contributed by atoms with Gasteiger partial charge in [-0.15, -0.1) is 10.2 Å². The third-order valence-corrected chi connectivity index (χ3v) is 6.96. The number of urea groups is 1. The molecule has 2 N–H and O–H groups in total. The molecule has 1 aromatic carbocycles. The highest BCUT2D eigenvalue weighted by atomic mass is 16.5. The van der Waals surface area contributed by atoms with Gasteiger partial charge in [-0.25, -0.2) is 9.78 Å². The van der Waals surface area contributed by atoms with Crippen LogP contribution in [0.15, 0.2) is 36.7 Å². The summed E-state index contributed by atoms with van der Waals surface area (Å²) in [5, 5.41) is 20.5. The maximum atomic E-state index is 13.3. The molecule has 37 heavy (non-hydrogen) atoms. The average molecular weight is 506 g/mol. The van der Waals surface area contributed by atoms with Crippen LogP contribution in [0.25, 0.3) is 11.5 Å². The first-order valence-electron chi connectivity index (χ1n) is 12.5. The number of ether oxygens (including phenoxy) is 1. The van der Waals surface area contributed by atoms with Gasteiger partial charge < -0.3 is 29.5 Å². The minimum absolute atomic E-state index is 0.0642. The molecule has 0 saturated carbocycles. The van der Waals surface area contributed by atoms with Crippen molar-refractivity contribution in [3.63, 3.8) is 0 Å². The molecule has 0 aliphatic carbocycles. The van der Waals surface area contributed by atoms with Crippen molar-refractivity contribution in [1.29, 1.82) is 0 Å². The van der Waals surface area contributed by atoms with Crippen molar-refractivity contribution >= 4 is 17.8 Å². The van der Waals surface area contributed by atoms with Gasteiger partial charge in [0, 0.05) is 26.2 Å². The molecule has 3 aromatic rings. The number of likely N-dealkylation sites (tertiary alicyclic amines) is 1. The molecule has 1 saturated heterocycles. The number of methoxy groups -OCH3 is 1. The van der Waals surface area contributed by atoms with Crippen LogP contribution in [0.2, 0.25) is 0 Å². The first-order valence-corrected chi connectivity index (χ1v) is 12.5. The smallest absolute Gasteiger partial charge is 0.320 e. The minimum atomic E-state index is -0.363. The highest BCUT2D eigenvalue weighted by Gasteiger charge is 2.28. The number of amides is 3. The molecule has 1 atom stereocenters. The van der Waals surface area contributed by atoms with E-state index in [0.29, 0.717) is 48.2 Å². The number of benzene rings is 1. The van der Waals surface area contributed by atoms with E-state index in [-0.39, 0.29) is 24.6 Å². The van der Waals surface area contributed by atoms with Gasteiger partial charge in [0.1, 0.15) is 23.6 Å². The van der Waals surface area contributed by atoms with Crippen LogP contribution in [0, 0.1) is 0 Å². The SMILES string of the molecule is COc1cc2c(cc1C(=O)Nc1cccc(-c3nncn3[C@H](C)CO)n1)CN(C(=O)N1CCCC1)CC2. The molecule has 2 aliphatic heterocycles. The largest absolute Gasteiger partial charge is 0.496 e. The Morgan fingerprint density at radius 2 is 1.95 bits per heavy atom. The summed E-state index contributed by atoms with van der Waals surface area (Å²) in [6, 6.07) is 8.79. The van der Waals surface area contributed by atoms with Gasteiger partial charge in [0.15, 0.2) is 5.82 Å². The number of anilines is 1. The van der Waals surface area contributed by atoms with E-state index in [9.17, 15) is 14.7 Å². The summed E-state index contributed by atoms with van der Waals surface area (Å²) in [6.45, 7) is 4.50. The van der Waals surface area contributed by atoms with Crippen LogP contribution in [-0.2, 0) is 13.0 Å². The molecule has 11 heteroatoms. The van der Waals surface area contributed by atoms with Gasteiger partial charge in [0.05, 0.1) is 25.3 Å². The second-order valence-corrected chi connectivity index (χ2v) is 9.43. The number of hydrogen-bond acceptors (Lipinski definition) is 7. The van der Waals surface area contributed by atoms with Gasteiger partial charge >= 0.3 is 6.03 Å². The van der Waals surface area contributed by atoms with Crippen LogP contribution < -0.4 is 10.1 Å². The summed E-state index contributed by atoms with van der Waals surface area (Å²) < 4.78 is 7.28. The van der Waals surface area contributed by atoms with Gasteiger partial charge in [-0.2, -0.15) is 0 Å². The van der Waals surface area contributed by atoms with Crippen molar-refractivity contribution in [3.8, 4) is 17.3 Å². The Kier molecular flexibility index (Phi) is 7.04. The molecule has 0 unspecified atom stereocenters. The predicted molar refractivity (Wildman–Crippen MR) is 136 cm³/mol. The number of fused-ring (bicyclic) bond motifs is 1. The fourth-order valence-electron chi connectivity index (χ4n) is 4.85. The Morgan fingerprint density at radius 1 is 1.14 bits per heavy atom. The fourth-order valence-corrected chi connectivity index (χ4v) is 4.85. The predicted octanol–water partition coefficient (Wildman–Crippen LogP) is 2.73. The maximum absolute atomic E-state index is 13.3. The van der Waals surface area contributed by atoms with E-state index in [2.05, 4.69) is 20.5 Å². The number of aliphatic hydroxyl groups excluding tert-OH is 1. The van der Waals surface area contributed by atoms with Crippen LogP contribution in [-0.4, -0.2) is 79.9 Å². The second-order valence-electron chi connectivity index (χ2n) is 9.43. The van der Waals surface area contributed by atoms with Gasteiger partial charge in [-0.05, 0) is 61.6 Å². The molecule has 3 amide bonds. The highest BCUT2D eigenvalue weighted by Crippen LogP contribution is 2.30. The number of nitrogens with one attached hydrogen (secondary N) is 1. The number of carbonyl (C=O) groups is 2. The third-order valence-electron chi connectivity index (χ3n) is 6.96. The van der Waals surface area contributed by atoms with E-state index in [1.165, 1.54) is 0 Å². The molecule has 11 nitrogen and oxygen atoms in total. The Labute approximate surface area is 215 Å². The average Bonchev–Trinajstić information content (AvgIpc) is 3.64. The van der Waals surface area contributed by atoms with Crippen molar-refractivity contribution in [2.24, 2.45) is 0 Å². The van der Waals surface area contributed by atoms with Gasteiger partial charge in [-0.1, -0.05) is 6.07 Å². The quantitative estimate of drug-likeness (QED) is 0.528. The van der Waals surface area contributed by atoms with Gasteiger partial charge in [-0.3, -0.25) is 4.79 Å². The van der Waals surface area contributed by atoms with Crippen molar-refractivity contribution < 1.29 is 19.4 Å². The first-order chi connectivity index (χ1) is 18.0. The lowest BCUT2D eigenvalue weighted by Crippen LogP contribution is -2.44. The van der Waals surface area contributed by atoms with Crippen molar-refractivity contribution in [3.05, 3.63) is 53.3 Å². The molecule has 2 aromatic heterocycles. The van der Waals surface area contributed by atoms with Crippen molar-refractivity contribution in [1.82, 2.24) is 29.5 Å². The Hall–Kier alpha value is -3.99. The summed E-state index contributed by atoms with van der Waals surface area (Å²) >= 11 is 0. The normalized spacial score (nSPS) is 15.9. The minimum Gasteiger partial charge on any atom is -0.496 e. The van der Waals surface area contributed by atoms with Gasteiger partial charge in [0.2, 0.25) is 0 Å². The zero-order valence-electron chi connectivity index (χ0n) is 21.1. The van der Waals surface area contributed by atoms with E-state index in [1.54, 1.807) is 36.2 Å². The van der Waals surface area contributed by atoms with E-state index < -0.39 is 0 Å². The van der Waals surface area contributed by atoms with Crippen LogP contribution in [0.1, 0.15) is 47.3 Å². The molecular weight excluding hydrogens is 474 g/mol. The first kappa shape index (κ1) is 24.7. The molecule has 0 radical (unpaired) electrons. The lowest BCUT2D eigenvalue weighted by atomic mass is 9.96. The summed E-state index contributed by atoms with van der Waals surface area (Å²) in [5.41, 5.74) is 2.92. The number of pyridine rings is 1. The van der Waals surface area contributed by atoms with E-state index in [0.717, 1.165) is 37.1 Å². The number of nitrogens with zero attached hydrogens (tertiary/aromatic N) is 6. The number of aliphatic hydroxyl groups is 1. The molecule has 2 aliphatic rings. The lowest BCUT2D eigenvalue weighted by Gasteiger charge is -2.32. The zero-order chi connectivity index (χ0) is 25.9. The fraction of sp³-hybridized carbons (Fsp3) is 0.423. The van der Waals surface area contributed by atoms with Crippen molar-refractivity contribution in [2.45, 2.75) is 38.8 Å². The van der Waals surface area contributed by atoms with E-state index in [1.807, 2.05) is 28.9 Å². The number of aromatic nitrogens is 4. The van der Waals surface area contributed by atoms with E-state index in [4.69, 9.17) is 4.74 Å². The lowest BCUT2D eigenvalue weighted by molar-refractivity contribution is 0.102. The van der Waals surface area contributed by atoms with E-state index >= 15 is 0 Å². The molecule has 4 heterocycles. The monoisotopic (exact) mass is 505 g/mol. The third kappa shape index (κ3) is 4.99. The van der Waals surface area contributed by atoms with Crippen molar-refractivity contribution in [2.75, 3.05) is 38.7 Å². The molecule has 0 bridgehead atoms. The van der Waals surface area contributed by atoms with Crippen LogP contribution >= 0.6 is 0 Å². The number of rotatable bonds is 6. The Bertz CT molecular complexity index is 1300. The highest BCUT2D eigenvalue weighted by molar-refractivity contribution is 6.06. The Balaban J connectivity index is 1.37. The second kappa shape index (κ2) is 10.6. The van der Waals surface area contributed by atoms with Crippen LogP contribution in [0.5, 0.6) is 5.75 Å². The zero-order valence-corrected chi connectivity index (χ0v) is 21.1. The summed E-state index contributed by atoms with van der Waals surface area (Å²) in [4.78, 5) is 34.6. The van der Waals surface area contributed by atoms with Gasteiger partial charge in [0.25, 0.3) is 5.91 Å². The topological polar surface area (TPSA) is 126 Å². The molecule has 194 valence electrons. The molecule has 5 rings (SSSR count). The molecule has 0 spiro atoms.